The van der Waals surface area contributed by atoms with Crippen molar-refractivity contribution in [3.8, 4) is 0 Å². The highest BCUT2D eigenvalue weighted by Crippen LogP contribution is 2.33. The van der Waals surface area contributed by atoms with Crippen molar-refractivity contribution in [2.24, 2.45) is 18.9 Å². The van der Waals surface area contributed by atoms with Crippen molar-refractivity contribution in [1.29, 1.82) is 0 Å². The van der Waals surface area contributed by atoms with Crippen molar-refractivity contribution in [2.75, 3.05) is 13.1 Å². The fourth-order valence-electron chi connectivity index (χ4n) is 4.08. The van der Waals surface area contributed by atoms with Crippen LogP contribution in [0.4, 0.5) is 0 Å². The van der Waals surface area contributed by atoms with Crippen LogP contribution in [0.3, 0.4) is 0 Å². The second-order valence-electron chi connectivity index (χ2n) is 6.88. The van der Waals surface area contributed by atoms with Crippen LogP contribution in [0.5, 0.6) is 0 Å². The van der Waals surface area contributed by atoms with Crippen molar-refractivity contribution >= 4 is 11.9 Å². The van der Waals surface area contributed by atoms with E-state index in [9.17, 15) is 14.7 Å². The van der Waals surface area contributed by atoms with Gasteiger partial charge in [-0.05, 0) is 38.2 Å². The van der Waals surface area contributed by atoms with Gasteiger partial charge in [0.15, 0.2) is 0 Å². The van der Waals surface area contributed by atoms with Crippen LogP contribution in [0.25, 0.3) is 0 Å². The number of hydrogen-bond donors (Lipinski definition) is 1. The Morgan fingerprint density at radius 1 is 1.17 bits per heavy atom. The van der Waals surface area contributed by atoms with Crippen LogP contribution in [0.1, 0.15) is 50.1 Å². The Kier molecular flexibility index (Phi) is 4.68. The summed E-state index contributed by atoms with van der Waals surface area (Å²) in [5.74, 6) is -0.565. The van der Waals surface area contributed by atoms with E-state index in [1.807, 2.05) is 22.8 Å². The maximum absolute atomic E-state index is 12.7. The van der Waals surface area contributed by atoms with E-state index >= 15 is 0 Å². The number of carbonyl (C=O) groups is 2. The molecule has 23 heavy (non-hydrogen) atoms. The smallest absolute Gasteiger partial charge is 0.306 e. The minimum atomic E-state index is -0.752. The Morgan fingerprint density at radius 3 is 2.48 bits per heavy atom. The number of carboxylic acids is 1. The van der Waals surface area contributed by atoms with Gasteiger partial charge in [0.05, 0.1) is 5.92 Å². The number of aliphatic carboxylic acids is 1. The molecule has 6 heteroatoms. The summed E-state index contributed by atoms with van der Waals surface area (Å²) in [5.41, 5.74) is 1.24. The van der Waals surface area contributed by atoms with E-state index in [1.165, 1.54) is 5.69 Å². The zero-order valence-electron chi connectivity index (χ0n) is 13.6. The predicted molar refractivity (Wildman–Crippen MR) is 84.8 cm³/mol. The van der Waals surface area contributed by atoms with E-state index in [0.29, 0.717) is 18.8 Å². The molecule has 1 amide bonds. The second-order valence-corrected chi connectivity index (χ2v) is 6.88. The number of hydrogen-bond acceptors (Lipinski definition) is 3. The normalized spacial score (nSPS) is 26.2. The number of nitrogens with zero attached hydrogens (tertiary/aromatic N) is 3. The van der Waals surface area contributed by atoms with E-state index in [0.717, 1.165) is 38.8 Å². The highest BCUT2D eigenvalue weighted by Gasteiger charge is 2.34. The Bertz CT molecular complexity index is 575. The lowest BCUT2D eigenvalue weighted by Gasteiger charge is -2.36. The van der Waals surface area contributed by atoms with E-state index in [-0.39, 0.29) is 17.7 Å². The first-order valence-corrected chi connectivity index (χ1v) is 8.55. The standard InChI is InChI=1S/C17H25N3O3/c1-19-15(5-8-18-19)12-6-9-20(10-7-12)16(21)13-3-2-4-14(11-13)17(22)23/h5,8,12-14H,2-4,6-7,9-11H2,1H3,(H,22,23). The number of aryl methyl sites for hydroxylation is 1. The van der Waals surface area contributed by atoms with Gasteiger partial charge in [0.25, 0.3) is 0 Å². The third-order valence-electron chi connectivity index (χ3n) is 5.46. The Hall–Kier alpha value is -1.85. The summed E-state index contributed by atoms with van der Waals surface area (Å²) in [6, 6.07) is 2.06. The molecular weight excluding hydrogens is 294 g/mol. The number of amides is 1. The topological polar surface area (TPSA) is 75.4 Å². The fourth-order valence-corrected chi connectivity index (χ4v) is 4.08. The number of piperidine rings is 1. The molecular formula is C17H25N3O3. The van der Waals surface area contributed by atoms with Gasteiger partial charge in [-0.25, -0.2) is 0 Å². The zero-order valence-corrected chi connectivity index (χ0v) is 13.6. The summed E-state index contributed by atoms with van der Waals surface area (Å²) in [6.45, 7) is 1.53. The quantitative estimate of drug-likeness (QED) is 0.925. The molecule has 1 aliphatic carbocycles. The monoisotopic (exact) mass is 319 g/mol. The SMILES string of the molecule is Cn1nccc1C1CCN(C(=O)C2CCCC(C(=O)O)C2)CC1. The molecule has 3 rings (SSSR count). The van der Waals surface area contributed by atoms with Crippen LogP contribution < -0.4 is 0 Å². The maximum Gasteiger partial charge on any atom is 0.306 e. The number of carboxylic acid groups (broad SMARTS) is 1. The van der Waals surface area contributed by atoms with Gasteiger partial charge in [-0.2, -0.15) is 5.10 Å². The molecule has 6 nitrogen and oxygen atoms in total. The number of rotatable bonds is 3. The molecule has 2 unspecified atom stereocenters. The van der Waals surface area contributed by atoms with Gasteiger partial charge in [-0.3, -0.25) is 14.3 Å². The van der Waals surface area contributed by atoms with Gasteiger partial charge in [0.1, 0.15) is 0 Å². The highest BCUT2D eigenvalue weighted by molar-refractivity contribution is 5.80. The minimum Gasteiger partial charge on any atom is -0.481 e. The largest absolute Gasteiger partial charge is 0.481 e. The molecule has 126 valence electrons. The molecule has 1 saturated carbocycles. The molecule has 0 aromatic carbocycles. The van der Waals surface area contributed by atoms with Crippen LogP contribution in [-0.4, -0.2) is 44.8 Å². The van der Waals surface area contributed by atoms with E-state index in [4.69, 9.17) is 0 Å². The van der Waals surface area contributed by atoms with Gasteiger partial charge in [-0.15, -0.1) is 0 Å². The van der Waals surface area contributed by atoms with Crippen LogP contribution in [0, 0.1) is 11.8 Å². The lowest BCUT2D eigenvalue weighted by Crippen LogP contribution is -2.43. The summed E-state index contributed by atoms with van der Waals surface area (Å²) >= 11 is 0. The van der Waals surface area contributed by atoms with Crippen LogP contribution in [0.2, 0.25) is 0 Å². The van der Waals surface area contributed by atoms with Gasteiger partial charge in [0, 0.05) is 43.9 Å². The Morgan fingerprint density at radius 2 is 1.87 bits per heavy atom. The minimum absolute atomic E-state index is 0.0990. The van der Waals surface area contributed by atoms with Gasteiger partial charge in [-0.1, -0.05) is 6.42 Å². The lowest BCUT2D eigenvalue weighted by molar-refractivity contribution is -0.145. The fraction of sp³-hybridized carbons (Fsp3) is 0.706. The second kappa shape index (κ2) is 6.72. The first kappa shape index (κ1) is 16.0. The van der Waals surface area contributed by atoms with Crippen LogP contribution in [0.15, 0.2) is 12.3 Å². The molecule has 0 radical (unpaired) electrons. The summed E-state index contributed by atoms with van der Waals surface area (Å²) in [5, 5.41) is 13.4. The average Bonchev–Trinajstić information content (AvgIpc) is 3.00. The van der Waals surface area contributed by atoms with E-state index in [2.05, 4.69) is 11.2 Å². The van der Waals surface area contributed by atoms with Crippen molar-refractivity contribution in [2.45, 2.75) is 44.4 Å². The molecule has 0 spiro atoms. The molecule has 2 aliphatic rings. The Labute approximate surface area is 136 Å². The maximum atomic E-state index is 12.7. The molecule has 1 saturated heterocycles. The lowest BCUT2D eigenvalue weighted by atomic mass is 9.80. The van der Waals surface area contributed by atoms with Crippen molar-refractivity contribution < 1.29 is 14.7 Å². The Balaban J connectivity index is 1.56. The summed E-state index contributed by atoms with van der Waals surface area (Å²) < 4.78 is 1.92. The summed E-state index contributed by atoms with van der Waals surface area (Å²) in [6.07, 6.45) is 6.64. The predicted octanol–water partition coefficient (Wildman–Crippen LogP) is 2.02. The molecule has 1 aliphatic heterocycles. The van der Waals surface area contributed by atoms with Gasteiger partial charge < -0.3 is 10.0 Å². The number of carbonyl (C=O) groups excluding carboxylic acids is 1. The van der Waals surface area contributed by atoms with Gasteiger partial charge in [0.2, 0.25) is 5.91 Å². The highest BCUT2D eigenvalue weighted by atomic mass is 16.4. The van der Waals surface area contributed by atoms with Gasteiger partial charge >= 0.3 is 5.97 Å². The molecule has 2 heterocycles. The molecule has 1 aromatic rings. The van der Waals surface area contributed by atoms with E-state index < -0.39 is 5.97 Å². The van der Waals surface area contributed by atoms with Crippen molar-refractivity contribution in [3.63, 3.8) is 0 Å². The van der Waals surface area contributed by atoms with E-state index in [1.54, 1.807) is 0 Å². The first-order valence-electron chi connectivity index (χ1n) is 8.55. The third kappa shape index (κ3) is 3.41. The number of aromatic nitrogens is 2. The van der Waals surface area contributed by atoms with Crippen LogP contribution in [-0.2, 0) is 16.6 Å². The molecule has 1 aromatic heterocycles. The summed E-state index contributed by atoms with van der Waals surface area (Å²) in [7, 11) is 1.96. The van der Waals surface area contributed by atoms with Crippen LogP contribution >= 0.6 is 0 Å². The molecule has 2 fully saturated rings. The average molecular weight is 319 g/mol. The first-order chi connectivity index (χ1) is 11.1. The summed E-state index contributed by atoms with van der Waals surface area (Å²) in [4.78, 5) is 25.8. The van der Waals surface area contributed by atoms with Crippen molar-refractivity contribution in [1.82, 2.24) is 14.7 Å². The molecule has 2 atom stereocenters. The molecule has 0 bridgehead atoms. The molecule has 1 N–H and O–H groups in total. The zero-order chi connectivity index (χ0) is 16.4. The third-order valence-corrected chi connectivity index (χ3v) is 5.46. The number of likely N-dealkylation sites (tertiary alicyclic amines) is 1. The van der Waals surface area contributed by atoms with Crippen molar-refractivity contribution in [3.05, 3.63) is 18.0 Å².